The number of unbranched alkanes of at least 4 members (excludes halogenated alkanes) is 1. The molecule has 0 aromatic carbocycles. The highest BCUT2D eigenvalue weighted by molar-refractivity contribution is 14.0. The standard InChI is InChI=1S/C17H35N3O2.HI/c1-15(14-21-3)20-17(18-2)19-12-8-9-13-22-16-10-6-4-5-7-11-16;/h15-16H,4-14H2,1-3H3,(H2,18,19,20);1H. The lowest BCUT2D eigenvalue weighted by Gasteiger charge is -2.17. The van der Waals surface area contributed by atoms with Crippen molar-refractivity contribution in [3.8, 4) is 0 Å². The van der Waals surface area contributed by atoms with Crippen molar-refractivity contribution in [1.82, 2.24) is 10.6 Å². The highest BCUT2D eigenvalue weighted by Gasteiger charge is 2.11. The molecular weight excluding hydrogens is 405 g/mol. The zero-order chi connectivity index (χ0) is 16.0. The molecule has 0 aliphatic heterocycles. The van der Waals surface area contributed by atoms with Crippen LogP contribution in [0.1, 0.15) is 58.3 Å². The molecule has 6 heteroatoms. The highest BCUT2D eigenvalue weighted by atomic mass is 127. The Morgan fingerprint density at radius 1 is 1.17 bits per heavy atom. The highest BCUT2D eigenvalue weighted by Crippen LogP contribution is 2.19. The molecule has 0 radical (unpaired) electrons. The molecule has 138 valence electrons. The number of halogens is 1. The molecule has 1 fully saturated rings. The summed E-state index contributed by atoms with van der Waals surface area (Å²) >= 11 is 0. The number of guanidine groups is 1. The van der Waals surface area contributed by atoms with Crippen LogP contribution in [0.15, 0.2) is 4.99 Å². The third-order valence-electron chi connectivity index (χ3n) is 4.04. The van der Waals surface area contributed by atoms with Crippen LogP contribution in [0.5, 0.6) is 0 Å². The van der Waals surface area contributed by atoms with Crippen LogP contribution >= 0.6 is 24.0 Å². The minimum atomic E-state index is 0. The van der Waals surface area contributed by atoms with Crippen molar-refractivity contribution in [1.29, 1.82) is 0 Å². The maximum atomic E-state index is 6.00. The Morgan fingerprint density at radius 3 is 2.48 bits per heavy atom. The summed E-state index contributed by atoms with van der Waals surface area (Å²) in [5.74, 6) is 0.842. The van der Waals surface area contributed by atoms with E-state index in [1.807, 2.05) is 0 Å². The van der Waals surface area contributed by atoms with E-state index in [2.05, 4.69) is 22.5 Å². The van der Waals surface area contributed by atoms with Gasteiger partial charge in [0.2, 0.25) is 0 Å². The average molecular weight is 441 g/mol. The van der Waals surface area contributed by atoms with Gasteiger partial charge in [-0.3, -0.25) is 4.99 Å². The lowest BCUT2D eigenvalue weighted by molar-refractivity contribution is 0.0411. The normalized spacial score (nSPS) is 18.0. The molecule has 5 nitrogen and oxygen atoms in total. The van der Waals surface area contributed by atoms with Crippen LogP contribution in [-0.4, -0.2) is 52.0 Å². The van der Waals surface area contributed by atoms with Gasteiger partial charge in [-0.05, 0) is 32.6 Å². The van der Waals surface area contributed by atoms with Gasteiger partial charge in [-0.2, -0.15) is 0 Å². The first kappa shape index (κ1) is 22.9. The molecule has 23 heavy (non-hydrogen) atoms. The van der Waals surface area contributed by atoms with Crippen molar-refractivity contribution < 1.29 is 9.47 Å². The van der Waals surface area contributed by atoms with E-state index >= 15 is 0 Å². The smallest absolute Gasteiger partial charge is 0.191 e. The summed E-state index contributed by atoms with van der Waals surface area (Å²) in [6, 6.07) is 0.259. The molecule has 1 unspecified atom stereocenters. The number of hydrogen-bond donors (Lipinski definition) is 2. The molecule has 1 aliphatic rings. The topological polar surface area (TPSA) is 54.9 Å². The van der Waals surface area contributed by atoms with Crippen LogP contribution in [0.25, 0.3) is 0 Å². The summed E-state index contributed by atoms with van der Waals surface area (Å²) in [6.07, 6.45) is 10.7. The summed E-state index contributed by atoms with van der Waals surface area (Å²) in [6.45, 7) is 4.57. The summed E-state index contributed by atoms with van der Waals surface area (Å²) in [4.78, 5) is 4.22. The predicted octanol–water partition coefficient (Wildman–Crippen LogP) is 3.32. The molecule has 1 saturated carbocycles. The first-order valence-corrected chi connectivity index (χ1v) is 8.84. The Hall–Kier alpha value is -0.0800. The van der Waals surface area contributed by atoms with Crippen molar-refractivity contribution in [3.05, 3.63) is 0 Å². The van der Waals surface area contributed by atoms with E-state index in [9.17, 15) is 0 Å². The minimum absolute atomic E-state index is 0. The van der Waals surface area contributed by atoms with Gasteiger partial charge in [0.15, 0.2) is 5.96 Å². The number of hydrogen-bond acceptors (Lipinski definition) is 3. The molecule has 0 amide bonds. The molecule has 1 rings (SSSR count). The fraction of sp³-hybridized carbons (Fsp3) is 0.941. The van der Waals surface area contributed by atoms with Gasteiger partial charge in [-0.15, -0.1) is 24.0 Å². The lowest BCUT2D eigenvalue weighted by Crippen LogP contribution is -2.44. The van der Waals surface area contributed by atoms with Gasteiger partial charge in [0, 0.05) is 33.4 Å². The second kappa shape index (κ2) is 15.4. The molecule has 0 bridgehead atoms. The summed E-state index contributed by atoms with van der Waals surface area (Å²) in [5, 5.41) is 6.63. The molecular formula is C17H36IN3O2. The van der Waals surface area contributed by atoms with Crippen LogP contribution in [0.2, 0.25) is 0 Å². The number of aliphatic imine (C=N–C) groups is 1. The van der Waals surface area contributed by atoms with Crippen molar-refractivity contribution in [2.75, 3.05) is 33.9 Å². The summed E-state index contributed by atoms with van der Waals surface area (Å²) in [5.41, 5.74) is 0. The maximum absolute atomic E-state index is 6.00. The molecule has 0 aromatic heterocycles. The van der Waals surface area contributed by atoms with E-state index in [0.29, 0.717) is 12.7 Å². The van der Waals surface area contributed by atoms with Gasteiger partial charge < -0.3 is 20.1 Å². The van der Waals surface area contributed by atoms with Gasteiger partial charge in [0.1, 0.15) is 0 Å². The minimum Gasteiger partial charge on any atom is -0.383 e. The Morgan fingerprint density at radius 2 is 1.87 bits per heavy atom. The molecule has 2 N–H and O–H groups in total. The largest absolute Gasteiger partial charge is 0.383 e. The Bertz CT molecular complexity index is 296. The summed E-state index contributed by atoms with van der Waals surface area (Å²) < 4.78 is 11.1. The van der Waals surface area contributed by atoms with Gasteiger partial charge in [-0.1, -0.05) is 25.7 Å². The van der Waals surface area contributed by atoms with Crippen LogP contribution < -0.4 is 10.6 Å². The monoisotopic (exact) mass is 441 g/mol. The quantitative estimate of drug-likeness (QED) is 0.190. The molecule has 0 spiro atoms. The van der Waals surface area contributed by atoms with E-state index < -0.39 is 0 Å². The molecule has 0 aromatic rings. The Labute approximate surface area is 159 Å². The van der Waals surface area contributed by atoms with Crippen LogP contribution in [0.4, 0.5) is 0 Å². The molecule has 0 heterocycles. The van der Waals surface area contributed by atoms with E-state index in [0.717, 1.165) is 32.0 Å². The van der Waals surface area contributed by atoms with E-state index in [4.69, 9.17) is 9.47 Å². The number of nitrogens with zero attached hydrogens (tertiary/aromatic N) is 1. The van der Waals surface area contributed by atoms with Crippen molar-refractivity contribution in [2.24, 2.45) is 4.99 Å². The lowest BCUT2D eigenvalue weighted by atomic mass is 10.1. The SMILES string of the molecule is CN=C(NCCCCOC1CCCCCC1)NC(C)COC.I. The fourth-order valence-electron chi connectivity index (χ4n) is 2.81. The number of methoxy groups -OCH3 is 1. The van der Waals surface area contributed by atoms with Crippen LogP contribution in [0.3, 0.4) is 0 Å². The average Bonchev–Trinajstić information content (AvgIpc) is 2.78. The van der Waals surface area contributed by atoms with E-state index in [1.54, 1.807) is 14.2 Å². The zero-order valence-electron chi connectivity index (χ0n) is 15.1. The van der Waals surface area contributed by atoms with Gasteiger partial charge in [0.25, 0.3) is 0 Å². The van der Waals surface area contributed by atoms with Crippen LogP contribution in [-0.2, 0) is 9.47 Å². The molecule has 1 atom stereocenters. The van der Waals surface area contributed by atoms with E-state index in [-0.39, 0.29) is 30.0 Å². The summed E-state index contributed by atoms with van der Waals surface area (Å²) in [7, 11) is 3.51. The molecule has 1 aliphatic carbocycles. The number of ether oxygens (including phenoxy) is 2. The predicted molar refractivity (Wildman–Crippen MR) is 108 cm³/mol. The third kappa shape index (κ3) is 12.0. The van der Waals surface area contributed by atoms with Gasteiger partial charge in [-0.25, -0.2) is 0 Å². The third-order valence-corrected chi connectivity index (χ3v) is 4.04. The Balaban J connectivity index is 0.00000484. The van der Waals surface area contributed by atoms with Gasteiger partial charge in [0.05, 0.1) is 12.7 Å². The number of nitrogens with one attached hydrogen (secondary N) is 2. The van der Waals surface area contributed by atoms with Crippen LogP contribution in [0, 0.1) is 0 Å². The first-order valence-electron chi connectivity index (χ1n) is 8.84. The second-order valence-corrected chi connectivity index (χ2v) is 6.19. The zero-order valence-corrected chi connectivity index (χ0v) is 17.4. The molecule has 0 saturated heterocycles. The van der Waals surface area contributed by atoms with Crippen molar-refractivity contribution in [3.63, 3.8) is 0 Å². The fourth-order valence-corrected chi connectivity index (χ4v) is 2.81. The number of rotatable bonds is 9. The Kier molecular flexibility index (Phi) is 15.4. The van der Waals surface area contributed by atoms with Crippen molar-refractivity contribution in [2.45, 2.75) is 70.4 Å². The van der Waals surface area contributed by atoms with Crippen molar-refractivity contribution >= 4 is 29.9 Å². The second-order valence-electron chi connectivity index (χ2n) is 6.19. The van der Waals surface area contributed by atoms with Gasteiger partial charge >= 0.3 is 0 Å². The first-order chi connectivity index (χ1) is 10.8. The van der Waals surface area contributed by atoms with E-state index in [1.165, 1.54) is 38.5 Å². The maximum Gasteiger partial charge on any atom is 0.191 e.